The van der Waals surface area contributed by atoms with Gasteiger partial charge in [0.05, 0.1) is 11.3 Å². The number of benzene rings is 1. The Morgan fingerprint density at radius 2 is 2.32 bits per heavy atom. The van der Waals surface area contributed by atoms with Crippen molar-refractivity contribution >= 4 is 5.69 Å². The summed E-state index contributed by atoms with van der Waals surface area (Å²) >= 11 is 0. The molecule has 6 heteroatoms. The van der Waals surface area contributed by atoms with Crippen molar-refractivity contribution in [3.05, 3.63) is 58.2 Å². The quantitative estimate of drug-likeness (QED) is 0.629. The first-order chi connectivity index (χ1) is 10.6. The van der Waals surface area contributed by atoms with Crippen molar-refractivity contribution in [2.75, 3.05) is 6.54 Å². The summed E-state index contributed by atoms with van der Waals surface area (Å²) in [6.45, 7) is 4.51. The summed E-state index contributed by atoms with van der Waals surface area (Å²) in [5, 5.41) is 11.1. The zero-order valence-corrected chi connectivity index (χ0v) is 12.7. The predicted octanol–water partition coefficient (Wildman–Crippen LogP) is 2.76. The lowest BCUT2D eigenvalue weighted by Crippen LogP contribution is -2.32. The fourth-order valence-corrected chi connectivity index (χ4v) is 3.13. The molecular weight excluding hydrogens is 280 g/mol. The Bertz CT molecular complexity index is 654. The van der Waals surface area contributed by atoms with E-state index in [2.05, 4.69) is 14.5 Å². The monoisotopic (exact) mass is 300 g/mol. The average Bonchev–Trinajstić information content (AvgIpc) is 3.14. The van der Waals surface area contributed by atoms with E-state index < -0.39 is 0 Å². The van der Waals surface area contributed by atoms with Crippen LogP contribution in [0.15, 0.2) is 36.9 Å². The van der Waals surface area contributed by atoms with Crippen molar-refractivity contribution in [1.82, 2.24) is 14.5 Å². The zero-order chi connectivity index (χ0) is 15.5. The maximum atomic E-state index is 11.1. The molecule has 1 saturated heterocycles. The molecule has 0 saturated carbocycles. The first kappa shape index (κ1) is 14.7. The number of nitro groups is 1. The van der Waals surface area contributed by atoms with Crippen LogP contribution >= 0.6 is 0 Å². The second-order valence-corrected chi connectivity index (χ2v) is 5.90. The molecule has 1 fully saturated rings. The fourth-order valence-electron chi connectivity index (χ4n) is 3.13. The van der Waals surface area contributed by atoms with Crippen LogP contribution in [-0.2, 0) is 13.1 Å². The van der Waals surface area contributed by atoms with Gasteiger partial charge in [-0.25, -0.2) is 4.98 Å². The van der Waals surface area contributed by atoms with E-state index in [0.29, 0.717) is 11.6 Å². The number of aryl methyl sites for hydroxylation is 1. The summed E-state index contributed by atoms with van der Waals surface area (Å²) in [6.07, 6.45) is 7.95. The zero-order valence-electron chi connectivity index (χ0n) is 12.7. The second kappa shape index (κ2) is 6.27. The molecule has 2 heterocycles. The van der Waals surface area contributed by atoms with Crippen LogP contribution in [-0.4, -0.2) is 32.0 Å². The smallest absolute Gasteiger partial charge is 0.272 e. The molecule has 0 spiro atoms. The molecule has 0 bridgehead atoms. The standard InChI is InChI=1S/C16H20N4O2/c1-13-4-5-14(9-16(13)20(21)22)10-19-7-2-3-15(19)11-18-8-6-17-12-18/h4-6,8-9,12,15H,2-3,7,10-11H2,1H3/t15-/m0/s1. The van der Waals surface area contributed by atoms with Gasteiger partial charge in [0.15, 0.2) is 0 Å². The summed E-state index contributed by atoms with van der Waals surface area (Å²) in [4.78, 5) is 17.3. The van der Waals surface area contributed by atoms with E-state index in [1.807, 2.05) is 24.7 Å². The minimum atomic E-state index is -0.300. The third kappa shape index (κ3) is 3.17. The van der Waals surface area contributed by atoms with Gasteiger partial charge in [-0.1, -0.05) is 12.1 Å². The van der Waals surface area contributed by atoms with E-state index in [0.717, 1.165) is 31.6 Å². The van der Waals surface area contributed by atoms with Crippen molar-refractivity contribution in [2.45, 2.75) is 38.9 Å². The number of nitro benzene ring substituents is 1. The molecule has 0 unspecified atom stereocenters. The van der Waals surface area contributed by atoms with E-state index in [4.69, 9.17) is 0 Å². The van der Waals surface area contributed by atoms with Gasteiger partial charge in [-0.3, -0.25) is 15.0 Å². The van der Waals surface area contributed by atoms with Crippen LogP contribution in [0.3, 0.4) is 0 Å². The predicted molar refractivity (Wildman–Crippen MR) is 83.5 cm³/mol. The number of rotatable bonds is 5. The van der Waals surface area contributed by atoms with Crippen molar-refractivity contribution < 1.29 is 4.92 Å². The maximum Gasteiger partial charge on any atom is 0.272 e. The van der Waals surface area contributed by atoms with Crippen LogP contribution in [0.2, 0.25) is 0 Å². The van der Waals surface area contributed by atoms with E-state index in [1.54, 1.807) is 19.2 Å². The van der Waals surface area contributed by atoms with Gasteiger partial charge in [0, 0.05) is 43.2 Å². The van der Waals surface area contributed by atoms with Crippen molar-refractivity contribution in [1.29, 1.82) is 0 Å². The highest BCUT2D eigenvalue weighted by Gasteiger charge is 2.25. The maximum absolute atomic E-state index is 11.1. The van der Waals surface area contributed by atoms with Crippen LogP contribution in [0.25, 0.3) is 0 Å². The summed E-state index contributed by atoms with van der Waals surface area (Å²) in [5.74, 6) is 0. The first-order valence-corrected chi connectivity index (χ1v) is 7.57. The van der Waals surface area contributed by atoms with Crippen LogP contribution in [0, 0.1) is 17.0 Å². The van der Waals surface area contributed by atoms with E-state index in [9.17, 15) is 10.1 Å². The molecule has 0 radical (unpaired) electrons. The second-order valence-electron chi connectivity index (χ2n) is 5.90. The lowest BCUT2D eigenvalue weighted by molar-refractivity contribution is -0.385. The Morgan fingerprint density at radius 1 is 1.45 bits per heavy atom. The highest BCUT2D eigenvalue weighted by atomic mass is 16.6. The van der Waals surface area contributed by atoms with Gasteiger partial charge in [-0.05, 0) is 31.9 Å². The normalized spacial score (nSPS) is 18.7. The number of imidazole rings is 1. The Labute approximate surface area is 129 Å². The third-order valence-corrected chi connectivity index (χ3v) is 4.34. The number of likely N-dealkylation sites (tertiary alicyclic amines) is 1. The van der Waals surface area contributed by atoms with Gasteiger partial charge in [-0.15, -0.1) is 0 Å². The number of hydrogen-bond donors (Lipinski definition) is 0. The molecular formula is C16H20N4O2. The minimum Gasteiger partial charge on any atom is -0.336 e. The lowest BCUT2D eigenvalue weighted by Gasteiger charge is -2.24. The number of hydrogen-bond acceptors (Lipinski definition) is 4. The van der Waals surface area contributed by atoms with Gasteiger partial charge >= 0.3 is 0 Å². The topological polar surface area (TPSA) is 64.2 Å². The Morgan fingerprint density at radius 3 is 3.05 bits per heavy atom. The van der Waals surface area contributed by atoms with Gasteiger partial charge < -0.3 is 4.57 Å². The molecule has 6 nitrogen and oxygen atoms in total. The van der Waals surface area contributed by atoms with Crippen molar-refractivity contribution in [3.63, 3.8) is 0 Å². The Balaban J connectivity index is 1.71. The van der Waals surface area contributed by atoms with Crippen LogP contribution < -0.4 is 0 Å². The molecule has 116 valence electrons. The van der Waals surface area contributed by atoms with Gasteiger partial charge in [0.2, 0.25) is 0 Å². The van der Waals surface area contributed by atoms with Gasteiger partial charge in [0.25, 0.3) is 5.69 Å². The summed E-state index contributed by atoms with van der Waals surface area (Å²) in [6, 6.07) is 6.01. The fraction of sp³-hybridized carbons (Fsp3) is 0.438. The lowest BCUT2D eigenvalue weighted by atomic mass is 10.1. The largest absolute Gasteiger partial charge is 0.336 e. The van der Waals surface area contributed by atoms with E-state index >= 15 is 0 Å². The number of nitrogens with zero attached hydrogens (tertiary/aromatic N) is 4. The Hall–Kier alpha value is -2.21. The van der Waals surface area contributed by atoms with Gasteiger partial charge in [-0.2, -0.15) is 0 Å². The molecule has 1 aliphatic rings. The molecule has 0 N–H and O–H groups in total. The first-order valence-electron chi connectivity index (χ1n) is 7.57. The molecule has 1 aromatic carbocycles. The molecule has 1 aromatic heterocycles. The SMILES string of the molecule is Cc1ccc(CN2CCC[C@H]2Cn2ccnc2)cc1[N+](=O)[O-]. The van der Waals surface area contributed by atoms with E-state index in [-0.39, 0.29) is 10.6 Å². The molecule has 2 aromatic rings. The molecule has 22 heavy (non-hydrogen) atoms. The number of aromatic nitrogens is 2. The van der Waals surface area contributed by atoms with Crippen LogP contribution in [0.4, 0.5) is 5.69 Å². The molecule has 0 amide bonds. The third-order valence-electron chi connectivity index (χ3n) is 4.34. The molecule has 3 rings (SSSR count). The van der Waals surface area contributed by atoms with E-state index in [1.165, 1.54) is 6.42 Å². The van der Waals surface area contributed by atoms with Gasteiger partial charge in [0.1, 0.15) is 0 Å². The van der Waals surface area contributed by atoms with Crippen molar-refractivity contribution in [3.8, 4) is 0 Å². The summed E-state index contributed by atoms with van der Waals surface area (Å²) in [5.41, 5.74) is 1.93. The Kier molecular flexibility index (Phi) is 4.20. The van der Waals surface area contributed by atoms with Crippen molar-refractivity contribution in [2.24, 2.45) is 0 Å². The van der Waals surface area contributed by atoms with Crippen LogP contribution in [0.5, 0.6) is 0 Å². The minimum absolute atomic E-state index is 0.211. The summed E-state index contributed by atoms with van der Waals surface area (Å²) in [7, 11) is 0. The average molecular weight is 300 g/mol. The molecule has 1 aliphatic heterocycles. The summed E-state index contributed by atoms with van der Waals surface area (Å²) < 4.78 is 2.10. The van der Waals surface area contributed by atoms with Crippen LogP contribution in [0.1, 0.15) is 24.0 Å². The highest BCUT2D eigenvalue weighted by molar-refractivity contribution is 5.42. The highest BCUT2D eigenvalue weighted by Crippen LogP contribution is 2.24. The molecule has 0 aliphatic carbocycles. The molecule has 1 atom stereocenters.